The zero-order chi connectivity index (χ0) is 17.6. The van der Waals surface area contributed by atoms with Crippen molar-refractivity contribution in [1.82, 2.24) is 9.80 Å². The van der Waals surface area contributed by atoms with Gasteiger partial charge in [-0.05, 0) is 32.6 Å². The smallest absolute Gasteiger partial charge is 0.248 e. The van der Waals surface area contributed by atoms with Gasteiger partial charge in [-0.15, -0.1) is 0 Å². The Bertz CT molecular complexity index is 458. The predicted molar refractivity (Wildman–Crippen MR) is 94.2 cm³/mol. The molecule has 142 valence electrons. The Morgan fingerprint density at radius 2 is 1.36 bits per heavy atom. The van der Waals surface area contributed by atoms with Gasteiger partial charge in [-0.25, -0.2) is 0 Å². The first-order valence-corrected chi connectivity index (χ1v) is 9.94. The fourth-order valence-electron chi connectivity index (χ4n) is 4.22. The SMILES string of the molecule is C[C@H]1CN(C(=O)COC2CCCC2)CCN1C(=O)COC1CCCC1. The molecule has 2 amide bonds. The lowest BCUT2D eigenvalue weighted by Crippen LogP contribution is -2.56. The van der Waals surface area contributed by atoms with Crippen LogP contribution in [-0.2, 0) is 19.1 Å². The summed E-state index contributed by atoms with van der Waals surface area (Å²) in [5.74, 6) is 0.0989. The topological polar surface area (TPSA) is 59.1 Å². The zero-order valence-corrected chi connectivity index (χ0v) is 15.5. The molecule has 0 aromatic heterocycles. The van der Waals surface area contributed by atoms with Crippen LogP contribution >= 0.6 is 0 Å². The molecule has 1 atom stereocenters. The lowest BCUT2D eigenvalue weighted by Gasteiger charge is -2.40. The number of hydrogen-bond acceptors (Lipinski definition) is 4. The van der Waals surface area contributed by atoms with Crippen LogP contribution in [0.5, 0.6) is 0 Å². The molecule has 2 aliphatic carbocycles. The van der Waals surface area contributed by atoms with Crippen LogP contribution in [0.25, 0.3) is 0 Å². The first-order chi connectivity index (χ1) is 12.1. The average molecular weight is 352 g/mol. The number of carbonyl (C=O) groups excluding carboxylic acids is 2. The Balaban J connectivity index is 1.38. The molecular formula is C19H32N2O4. The van der Waals surface area contributed by atoms with Crippen molar-refractivity contribution in [3.63, 3.8) is 0 Å². The number of carbonyl (C=O) groups is 2. The maximum absolute atomic E-state index is 12.4. The first-order valence-electron chi connectivity index (χ1n) is 9.94. The van der Waals surface area contributed by atoms with Crippen molar-refractivity contribution >= 4 is 11.8 Å². The molecule has 3 fully saturated rings. The van der Waals surface area contributed by atoms with E-state index in [9.17, 15) is 9.59 Å². The number of amides is 2. The monoisotopic (exact) mass is 352 g/mol. The van der Waals surface area contributed by atoms with Crippen molar-refractivity contribution in [2.45, 2.75) is 76.5 Å². The van der Waals surface area contributed by atoms with Crippen LogP contribution in [0.1, 0.15) is 58.3 Å². The molecule has 6 nitrogen and oxygen atoms in total. The van der Waals surface area contributed by atoms with Gasteiger partial charge < -0.3 is 19.3 Å². The second kappa shape index (κ2) is 8.99. The summed E-state index contributed by atoms with van der Waals surface area (Å²) < 4.78 is 11.5. The second-order valence-electron chi connectivity index (χ2n) is 7.71. The molecule has 2 saturated carbocycles. The van der Waals surface area contributed by atoms with Gasteiger partial charge in [0.25, 0.3) is 0 Å². The summed E-state index contributed by atoms with van der Waals surface area (Å²) in [6, 6.07) is 0.0314. The van der Waals surface area contributed by atoms with Gasteiger partial charge in [0.15, 0.2) is 0 Å². The molecule has 25 heavy (non-hydrogen) atoms. The fourth-order valence-corrected chi connectivity index (χ4v) is 4.22. The van der Waals surface area contributed by atoms with Gasteiger partial charge >= 0.3 is 0 Å². The quantitative estimate of drug-likeness (QED) is 0.733. The predicted octanol–water partition coefficient (Wildman–Crippen LogP) is 1.96. The largest absolute Gasteiger partial charge is 0.368 e. The van der Waals surface area contributed by atoms with Crippen molar-refractivity contribution in [2.24, 2.45) is 0 Å². The normalized spacial score (nSPS) is 25.7. The Hall–Kier alpha value is -1.14. The van der Waals surface area contributed by atoms with E-state index in [0.717, 1.165) is 25.7 Å². The van der Waals surface area contributed by atoms with Crippen LogP contribution < -0.4 is 0 Å². The highest BCUT2D eigenvalue weighted by Gasteiger charge is 2.30. The van der Waals surface area contributed by atoms with E-state index in [-0.39, 0.29) is 43.3 Å². The third-order valence-corrected chi connectivity index (χ3v) is 5.79. The molecule has 3 rings (SSSR count). The zero-order valence-electron chi connectivity index (χ0n) is 15.5. The van der Waals surface area contributed by atoms with Crippen LogP contribution in [-0.4, -0.2) is 72.7 Å². The number of rotatable bonds is 6. The number of hydrogen-bond donors (Lipinski definition) is 0. The van der Waals surface area contributed by atoms with E-state index in [1.807, 2.05) is 16.7 Å². The van der Waals surface area contributed by atoms with Gasteiger partial charge in [0.1, 0.15) is 13.2 Å². The Morgan fingerprint density at radius 3 is 1.88 bits per heavy atom. The van der Waals surface area contributed by atoms with Crippen LogP contribution in [0, 0.1) is 0 Å². The summed E-state index contributed by atoms with van der Waals surface area (Å²) in [7, 11) is 0. The maximum Gasteiger partial charge on any atom is 0.248 e. The minimum Gasteiger partial charge on any atom is -0.368 e. The van der Waals surface area contributed by atoms with Crippen molar-refractivity contribution in [3.05, 3.63) is 0 Å². The van der Waals surface area contributed by atoms with E-state index in [1.54, 1.807) is 0 Å². The molecule has 6 heteroatoms. The Kier molecular flexibility index (Phi) is 6.70. The van der Waals surface area contributed by atoms with Crippen LogP contribution in [0.2, 0.25) is 0 Å². The molecule has 0 bridgehead atoms. The molecule has 0 unspecified atom stereocenters. The highest BCUT2D eigenvalue weighted by molar-refractivity contribution is 5.80. The molecule has 3 aliphatic rings. The number of nitrogens with zero attached hydrogens (tertiary/aromatic N) is 2. The summed E-state index contributed by atoms with van der Waals surface area (Å²) in [6.45, 7) is 4.12. The van der Waals surface area contributed by atoms with Gasteiger partial charge in [-0.3, -0.25) is 9.59 Å². The summed E-state index contributed by atoms with van der Waals surface area (Å²) in [6.07, 6.45) is 9.65. The number of ether oxygens (including phenoxy) is 2. The molecule has 0 radical (unpaired) electrons. The van der Waals surface area contributed by atoms with Crippen molar-refractivity contribution < 1.29 is 19.1 Å². The summed E-state index contributed by atoms with van der Waals surface area (Å²) in [4.78, 5) is 28.5. The minimum absolute atomic E-state index is 0.0314. The molecule has 0 N–H and O–H groups in total. The molecular weight excluding hydrogens is 320 g/mol. The Labute approximate surface area is 150 Å². The van der Waals surface area contributed by atoms with Gasteiger partial charge in [0.05, 0.1) is 12.2 Å². The standard InChI is InChI=1S/C19H32N2O4/c1-15-12-20(18(22)13-24-16-6-2-3-7-16)10-11-21(15)19(23)14-25-17-8-4-5-9-17/h15-17H,2-14H2,1H3/t15-/m0/s1. The lowest BCUT2D eigenvalue weighted by atomic mass is 10.2. The maximum atomic E-state index is 12.4. The van der Waals surface area contributed by atoms with E-state index in [1.165, 1.54) is 25.7 Å². The van der Waals surface area contributed by atoms with E-state index >= 15 is 0 Å². The number of piperazine rings is 1. The van der Waals surface area contributed by atoms with Crippen molar-refractivity contribution in [1.29, 1.82) is 0 Å². The molecule has 0 spiro atoms. The lowest BCUT2D eigenvalue weighted by molar-refractivity contribution is -0.149. The summed E-state index contributed by atoms with van der Waals surface area (Å²) in [5.41, 5.74) is 0. The molecule has 1 saturated heterocycles. The molecule has 0 aromatic carbocycles. The van der Waals surface area contributed by atoms with Crippen LogP contribution in [0.15, 0.2) is 0 Å². The summed E-state index contributed by atoms with van der Waals surface area (Å²) >= 11 is 0. The van der Waals surface area contributed by atoms with Gasteiger partial charge in [0.2, 0.25) is 11.8 Å². The third kappa shape index (κ3) is 5.17. The van der Waals surface area contributed by atoms with Crippen molar-refractivity contribution in [2.75, 3.05) is 32.8 Å². The first kappa shape index (κ1) is 18.6. The minimum atomic E-state index is 0.0314. The molecule has 1 heterocycles. The molecule has 1 aliphatic heterocycles. The van der Waals surface area contributed by atoms with Gasteiger partial charge in [0, 0.05) is 25.7 Å². The molecule has 0 aromatic rings. The fraction of sp³-hybridized carbons (Fsp3) is 0.895. The van der Waals surface area contributed by atoms with Gasteiger partial charge in [-0.2, -0.15) is 0 Å². The average Bonchev–Trinajstić information content (AvgIpc) is 3.31. The summed E-state index contributed by atoms with van der Waals surface area (Å²) in [5, 5.41) is 0. The van der Waals surface area contributed by atoms with E-state index in [4.69, 9.17) is 9.47 Å². The highest BCUT2D eigenvalue weighted by Crippen LogP contribution is 2.22. The highest BCUT2D eigenvalue weighted by atomic mass is 16.5. The third-order valence-electron chi connectivity index (χ3n) is 5.79. The van der Waals surface area contributed by atoms with Crippen LogP contribution in [0.4, 0.5) is 0 Å². The Morgan fingerprint density at radius 1 is 0.840 bits per heavy atom. The second-order valence-corrected chi connectivity index (χ2v) is 7.71. The van der Waals surface area contributed by atoms with Gasteiger partial charge in [-0.1, -0.05) is 25.7 Å². The van der Waals surface area contributed by atoms with E-state index in [2.05, 4.69) is 0 Å². The van der Waals surface area contributed by atoms with Crippen molar-refractivity contribution in [3.8, 4) is 0 Å². The van der Waals surface area contributed by atoms with Crippen LogP contribution in [0.3, 0.4) is 0 Å². The van der Waals surface area contributed by atoms with E-state index in [0.29, 0.717) is 19.6 Å². The van der Waals surface area contributed by atoms with E-state index < -0.39 is 0 Å².